The van der Waals surface area contributed by atoms with Crippen molar-refractivity contribution in [1.82, 2.24) is 14.9 Å². The SMILES string of the molecule is CCCn1ccnc(N(C)C2CCCNCC2)c1=O. The fraction of sp³-hybridized carbons (Fsp3) is 0.714. The van der Waals surface area contributed by atoms with Gasteiger partial charge in [0.2, 0.25) is 0 Å². The van der Waals surface area contributed by atoms with E-state index in [1.807, 2.05) is 7.05 Å². The van der Waals surface area contributed by atoms with E-state index in [2.05, 4.69) is 22.1 Å². The Morgan fingerprint density at radius 2 is 2.32 bits per heavy atom. The summed E-state index contributed by atoms with van der Waals surface area (Å²) in [6.07, 6.45) is 7.81. The van der Waals surface area contributed by atoms with Gasteiger partial charge in [0, 0.05) is 32.0 Å². The monoisotopic (exact) mass is 264 g/mol. The summed E-state index contributed by atoms with van der Waals surface area (Å²) in [5.41, 5.74) is 0.0315. The van der Waals surface area contributed by atoms with E-state index in [-0.39, 0.29) is 5.56 Å². The summed E-state index contributed by atoms with van der Waals surface area (Å²) in [5.74, 6) is 0.586. The number of rotatable bonds is 4. The lowest BCUT2D eigenvalue weighted by molar-refractivity contribution is 0.554. The molecule has 0 aromatic carbocycles. The molecule has 0 amide bonds. The smallest absolute Gasteiger partial charge is 0.293 e. The van der Waals surface area contributed by atoms with Crippen molar-refractivity contribution in [3.8, 4) is 0 Å². The molecule has 2 rings (SSSR count). The molecule has 5 heteroatoms. The second-order valence-corrected chi connectivity index (χ2v) is 5.20. The Balaban J connectivity index is 2.20. The zero-order valence-electron chi connectivity index (χ0n) is 11.9. The van der Waals surface area contributed by atoms with Gasteiger partial charge in [0.25, 0.3) is 5.56 Å². The molecule has 1 fully saturated rings. The number of nitrogens with zero attached hydrogens (tertiary/aromatic N) is 3. The lowest BCUT2D eigenvalue weighted by Crippen LogP contribution is -2.38. The molecule has 1 atom stereocenters. The summed E-state index contributed by atoms with van der Waals surface area (Å²) in [7, 11) is 2.00. The molecule has 106 valence electrons. The third kappa shape index (κ3) is 3.35. The van der Waals surface area contributed by atoms with E-state index in [0.29, 0.717) is 11.9 Å². The van der Waals surface area contributed by atoms with Gasteiger partial charge in [-0.15, -0.1) is 0 Å². The molecule has 1 aromatic heterocycles. The number of hydrogen-bond acceptors (Lipinski definition) is 4. The van der Waals surface area contributed by atoms with Crippen LogP contribution in [-0.4, -0.2) is 35.7 Å². The Labute approximate surface area is 114 Å². The number of aryl methyl sites for hydroxylation is 1. The molecule has 1 N–H and O–H groups in total. The number of hydrogen-bond donors (Lipinski definition) is 1. The molecule has 1 unspecified atom stereocenters. The molecule has 0 spiro atoms. The lowest BCUT2D eigenvalue weighted by Gasteiger charge is -2.27. The second-order valence-electron chi connectivity index (χ2n) is 5.20. The minimum absolute atomic E-state index is 0.0315. The predicted octanol–water partition coefficient (Wildman–Crippen LogP) is 1.23. The van der Waals surface area contributed by atoms with Crippen LogP contribution in [0.15, 0.2) is 17.2 Å². The standard InChI is InChI=1S/C14H24N4O/c1-3-10-18-11-9-16-13(14(18)19)17(2)12-5-4-7-15-8-6-12/h9,11-12,15H,3-8,10H2,1-2H3. The van der Waals surface area contributed by atoms with Gasteiger partial charge >= 0.3 is 0 Å². The Morgan fingerprint density at radius 1 is 1.47 bits per heavy atom. The van der Waals surface area contributed by atoms with Gasteiger partial charge in [0.1, 0.15) is 0 Å². The van der Waals surface area contributed by atoms with Crippen LogP contribution in [0.25, 0.3) is 0 Å². The normalized spacial score (nSPS) is 20.0. The Hall–Kier alpha value is -1.36. The van der Waals surface area contributed by atoms with E-state index < -0.39 is 0 Å². The summed E-state index contributed by atoms with van der Waals surface area (Å²) in [5, 5.41) is 3.40. The van der Waals surface area contributed by atoms with Crippen LogP contribution in [0.1, 0.15) is 32.6 Å². The van der Waals surface area contributed by atoms with Gasteiger partial charge < -0.3 is 14.8 Å². The average molecular weight is 264 g/mol. The van der Waals surface area contributed by atoms with Gasteiger partial charge in [-0.2, -0.15) is 0 Å². The topological polar surface area (TPSA) is 50.2 Å². The maximum Gasteiger partial charge on any atom is 0.293 e. The highest BCUT2D eigenvalue weighted by Crippen LogP contribution is 2.15. The fourth-order valence-corrected chi connectivity index (χ4v) is 2.66. The molecule has 5 nitrogen and oxygen atoms in total. The lowest BCUT2D eigenvalue weighted by atomic mass is 10.1. The third-order valence-electron chi connectivity index (χ3n) is 3.79. The molecule has 1 saturated heterocycles. The summed E-state index contributed by atoms with van der Waals surface area (Å²) >= 11 is 0. The molecule has 0 bridgehead atoms. The van der Waals surface area contributed by atoms with Gasteiger partial charge in [-0.25, -0.2) is 4.98 Å². The van der Waals surface area contributed by atoms with Crippen LogP contribution in [0.5, 0.6) is 0 Å². The van der Waals surface area contributed by atoms with Gasteiger partial charge in [0.15, 0.2) is 5.82 Å². The quantitative estimate of drug-likeness (QED) is 0.888. The fourth-order valence-electron chi connectivity index (χ4n) is 2.66. The molecule has 0 saturated carbocycles. The first kappa shape index (κ1) is 14.1. The van der Waals surface area contributed by atoms with Crippen LogP contribution >= 0.6 is 0 Å². The number of nitrogens with one attached hydrogen (secondary N) is 1. The van der Waals surface area contributed by atoms with Crippen LogP contribution in [0.2, 0.25) is 0 Å². The number of aromatic nitrogens is 2. The van der Waals surface area contributed by atoms with Crippen molar-refractivity contribution in [2.45, 2.75) is 45.2 Å². The second kappa shape index (κ2) is 6.70. The van der Waals surface area contributed by atoms with E-state index in [0.717, 1.165) is 45.3 Å². The highest BCUT2D eigenvalue weighted by atomic mass is 16.1. The molecule has 2 heterocycles. The van der Waals surface area contributed by atoms with Gasteiger partial charge in [-0.05, 0) is 38.8 Å². The van der Waals surface area contributed by atoms with Crippen molar-refractivity contribution >= 4 is 5.82 Å². The summed E-state index contributed by atoms with van der Waals surface area (Å²) < 4.78 is 1.76. The largest absolute Gasteiger partial charge is 0.352 e. The third-order valence-corrected chi connectivity index (χ3v) is 3.79. The van der Waals surface area contributed by atoms with E-state index in [1.54, 1.807) is 17.0 Å². The molecular formula is C14H24N4O. The van der Waals surface area contributed by atoms with Crippen molar-refractivity contribution in [2.24, 2.45) is 0 Å². The minimum Gasteiger partial charge on any atom is -0.352 e. The van der Waals surface area contributed by atoms with E-state index in [1.165, 1.54) is 0 Å². The first-order valence-corrected chi connectivity index (χ1v) is 7.23. The molecule has 1 aliphatic rings. The Kier molecular flexibility index (Phi) is 4.96. The Morgan fingerprint density at radius 3 is 3.11 bits per heavy atom. The molecule has 0 radical (unpaired) electrons. The zero-order chi connectivity index (χ0) is 13.7. The average Bonchev–Trinajstić information content (AvgIpc) is 2.69. The summed E-state index contributed by atoms with van der Waals surface area (Å²) in [6, 6.07) is 0.410. The van der Waals surface area contributed by atoms with E-state index in [9.17, 15) is 4.79 Å². The van der Waals surface area contributed by atoms with Crippen LogP contribution < -0.4 is 15.8 Å². The Bertz CT molecular complexity index is 449. The highest BCUT2D eigenvalue weighted by molar-refractivity contribution is 5.36. The van der Waals surface area contributed by atoms with Crippen LogP contribution in [0.3, 0.4) is 0 Å². The molecule has 1 aliphatic heterocycles. The van der Waals surface area contributed by atoms with Crippen molar-refractivity contribution in [3.63, 3.8) is 0 Å². The van der Waals surface area contributed by atoms with Crippen molar-refractivity contribution < 1.29 is 0 Å². The van der Waals surface area contributed by atoms with Crippen LogP contribution in [0, 0.1) is 0 Å². The molecule has 19 heavy (non-hydrogen) atoms. The summed E-state index contributed by atoms with van der Waals surface area (Å²) in [6.45, 7) is 4.93. The molecule has 1 aromatic rings. The molecular weight excluding hydrogens is 240 g/mol. The van der Waals surface area contributed by atoms with Crippen molar-refractivity contribution in [1.29, 1.82) is 0 Å². The van der Waals surface area contributed by atoms with E-state index in [4.69, 9.17) is 0 Å². The highest BCUT2D eigenvalue weighted by Gasteiger charge is 2.20. The maximum absolute atomic E-state index is 12.4. The van der Waals surface area contributed by atoms with Gasteiger partial charge in [-0.3, -0.25) is 4.79 Å². The van der Waals surface area contributed by atoms with Crippen molar-refractivity contribution in [3.05, 3.63) is 22.7 Å². The van der Waals surface area contributed by atoms with Crippen LogP contribution in [0.4, 0.5) is 5.82 Å². The zero-order valence-corrected chi connectivity index (χ0v) is 11.9. The van der Waals surface area contributed by atoms with Gasteiger partial charge in [-0.1, -0.05) is 6.92 Å². The first-order chi connectivity index (χ1) is 9.24. The van der Waals surface area contributed by atoms with E-state index >= 15 is 0 Å². The van der Waals surface area contributed by atoms with Gasteiger partial charge in [0.05, 0.1) is 0 Å². The first-order valence-electron chi connectivity index (χ1n) is 7.23. The maximum atomic E-state index is 12.4. The molecule has 0 aliphatic carbocycles. The predicted molar refractivity (Wildman–Crippen MR) is 77.7 cm³/mol. The van der Waals surface area contributed by atoms with Crippen LogP contribution in [-0.2, 0) is 6.54 Å². The summed E-state index contributed by atoms with van der Waals surface area (Å²) in [4.78, 5) is 18.7. The van der Waals surface area contributed by atoms with Crippen molar-refractivity contribution in [2.75, 3.05) is 25.0 Å². The minimum atomic E-state index is 0.0315. The number of anilines is 1.